The summed E-state index contributed by atoms with van der Waals surface area (Å²) >= 11 is 0. The molecule has 3 rings (SSSR count). The Morgan fingerprint density at radius 3 is 2.81 bits per heavy atom. The number of ether oxygens (including phenoxy) is 1. The number of nitrogens with zero attached hydrogens (tertiary/aromatic N) is 4. The lowest BCUT2D eigenvalue weighted by Crippen LogP contribution is -2.31. The van der Waals surface area contributed by atoms with Crippen LogP contribution in [0.25, 0.3) is 10.9 Å². The van der Waals surface area contributed by atoms with E-state index in [0.29, 0.717) is 23.3 Å². The third-order valence-electron chi connectivity index (χ3n) is 4.54. The number of aryl methyl sites for hydroxylation is 1. The molecule has 0 spiro atoms. The number of aliphatic hydroxyl groups excluding tert-OH is 1. The predicted octanol–water partition coefficient (Wildman–Crippen LogP) is 2.55. The van der Waals surface area contributed by atoms with Crippen LogP contribution in [0.15, 0.2) is 30.7 Å². The van der Waals surface area contributed by atoms with E-state index in [-0.39, 0.29) is 24.8 Å². The number of hydrogen-bond acceptors (Lipinski definition) is 6. The molecule has 172 valence electrons. The van der Waals surface area contributed by atoms with Gasteiger partial charge in [0.25, 0.3) is 0 Å². The highest BCUT2D eigenvalue weighted by Crippen LogP contribution is 2.22. The van der Waals surface area contributed by atoms with Crippen LogP contribution in [0.5, 0.6) is 5.88 Å². The van der Waals surface area contributed by atoms with E-state index in [1.165, 1.54) is 6.20 Å². The van der Waals surface area contributed by atoms with Crippen LogP contribution in [0.3, 0.4) is 0 Å². The average molecular weight is 451 g/mol. The van der Waals surface area contributed by atoms with Crippen LogP contribution in [-0.4, -0.2) is 56.2 Å². The van der Waals surface area contributed by atoms with Crippen LogP contribution in [0, 0.1) is 6.92 Å². The van der Waals surface area contributed by atoms with Gasteiger partial charge in [-0.05, 0) is 31.5 Å². The van der Waals surface area contributed by atoms with Crippen molar-refractivity contribution in [2.24, 2.45) is 0 Å². The van der Waals surface area contributed by atoms with E-state index < -0.39 is 25.3 Å². The Bertz CT molecular complexity index is 1080. The Balaban J connectivity index is 1.68. The van der Waals surface area contributed by atoms with Gasteiger partial charge < -0.3 is 15.2 Å². The number of aliphatic hydroxyl groups is 1. The minimum absolute atomic E-state index is 0.0559. The Morgan fingerprint density at radius 2 is 2.12 bits per heavy atom. The summed E-state index contributed by atoms with van der Waals surface area (Å²) in [5, 5.41) is 17.2. The van der Waals surface area contributed by atoms with E-state index in [9.17, 15) is 23.1 Å². The third kappa shape index (κ3) is 6.64. The molecule has 3 heterocycles. The third-order valence-corrected chi connectivity index (χ3v) is 4.54. The van der Waals surface area contributed by atoms with Gasteiger partial charge in [-0.2, -0.15) is 18.3 Å². The summed E-state index contributed by atoms with van der Waals surface area (Å²) in [5.74, 6) is -0.0853. The minimum atomic E-state index is -4.28. The Morgan fingerprint density at radius 1 is 1.34 bits per heavy atom. The highest BCUT2D eigenvalue weighted by molar-refractivity contribution is 5.86. The maximum atomic E-state index is 12.3. The van der Waals surface area contributed by atoms with E-state index in [2.05, 4.69) is 20.4 Å². The van der Waals surface area contributed by atoms with Gasteiger partial charge in [-0.3, -0.25) is 14.5 Å². The van der Waals surface area contributed by atoms with Gasteiger partial charge in [-0.25, -0.2) is 4.98 Å². The lowest BCUT2D eigenvalue weighted by molar-refractivity contribution is -0.139. The Hall–Kier alpha value is -3.21. The summed E-state index contributed by atoms with van der Waals surface area (Å²) in [6.45, 7) is 3.35. The molecule has 1 atom stereocenters. The fourth-order valence-corrected chi connectivity index (χ4v) is 3.06. The normalized spacial score (nSPS) is 12.7. The van der Waals surface area contributed by atoms with Crippen LogP contribution in [-0.2, 0) is 17.8 Å². The highest BCUT2D eigenvalue weighted by Gasteiger charge is 2.27. The lowest BCUT2D eigenvalue weighted by Gasteiger charge is -2.11. The summed E-state index contributed by atoms with van der Waals surface area (Å²) in [6.07, 6.45) is -1.00. The number of aromatic nitrogens is 4. The van der Waals surface area contributed by atoms with Crippen molar-refractivity contribution in [2.75, 3.05) is 13.2 Å². The number of amides is 1. The van der Waals surface area contributed by atoms with Gasteiger partial charge in [0, 0.05) is 36.1 Å². The smallest absolute Gasteiger partial charge is 0.392 e. The maximum Gasteiger partial charge on any atom is 0.392 e. The van der Waals surface area contributed by atoms with Crippen LogP contribution >= 0.6 is 0 Å². The molecule has 3 aromatic rings. The van der Waals surface area contributed by atoms with Crippen molar-refractivity contribution in [3.05, 3.63) is 47.5 Å². The average Bonchev–Trinajstić information content (AvgIpc) is 3.11. The van der Waals surface area contributed by atoms with E-state index in [1.54, 1.807) is 43.1 Å². The van der Waals surface area contributed by atoms with E-state index in [1.807, 2.05) is 0 Å². The zero-order valence-electron chi connectivity index (χ0n) is 17.7. The van der Waals surface area contributed by atoms with Gasteiger partial charge in [0.05, 0.1) is 43.3 Å². The van der Waals surface area contributed by atoms with Crippen molar-refractivity contribution in [1.82, 2.24) is 25.1 Å². The van der Waals surface area contributed by atoms with E-state index >= 15 is 0 Å². The maximum absolute atomic E-state index is 12.3. The van der Waals surface area contributed by atoms with Crippen molar-refractivity contribution in [2.45, 2.75) is 45.5 Å². The number of fused-ring (bicyclic) bond motifs is 1. The lowest BCUT2D eigenvalue weighted by atomic mass is 10.2. The van der Waals surface area contributed by atoms with Crippen molar-refractivity contribution >= 4 is 16.8 Å². The largest absolute Gasteiger partial charge is 0.477 e. The Kier molecular flexibility index (Phi) is 7.29. The Labute approximate surface area is 182 Å². The zero-order chi connectivity index (χ0) is 23.3. The molecular weight excluding hydrogens is 427 g/mol. The SMILES string of the molecule is Cc1cc(Cn2cc3c(CC(=O)NC[C@@H](C)O)nccc3n2)cnc1OCCC(F)(F)F. The first-order valence-corrected chi connectivity index (χ1v) is 10.0. The molecule has 0 aromatic carbocycles. The summed E-state index contributed by atoms with van der Waals surface area (Å²) in [7, 11) is 0. The van der Waals surface area contributed by atoms with Gasteiger partial charge in [-0.15, -0.1) is 0 Å². The topological polar surface area (TPSA) is 102 Å². The molecule has 32 heavy (non-hydrogen) atoms. The number of halogens is 3. The molecule has 11 heteroatoms. The minimum Gasteiger partial charge on any atom is -0.477 e. The van der Waals surface area contributed by atoms with Crippen molar-refractivity contribution in [3.63, 3.8) is 0 Å². The summed E-state index contributed by atoms with van der Waals surface area (Å²) < 4.78 is 43.6. The molecule has 0 aliphatic rings. The molecule has 8 nitrogen and oxygen atoms in total. The number of pyridine rings is 2. The summed E-state index contributed by atoms with van der Waals surface area (Å²) in [5.41, 5.74) is 2.66. The van der Waals surface area contributed by atoms with Gasteiger partial charge >= 0.3 is 6.18 Å². The molecule has 0 unspecified atom stereocenters. The van der Waals surface area contributed by atoms with E-state index in [0.717, 1.165) is 10.9 Å². The van der Waals surface area contributed by atoms with Crippen LogP contribution in [0.2, 0.25) is 0 Å². The molecule has 0 saturated carbocycles. The highest BCUT2D eigenvalue weighted by atomic mass is 19.4. The molecule has 2 N–H and O–H groups in total. The number of nitrogens with one attached hydrogen (secondary N) is 1. The fraction of sp³-hybridized carbons (Fsp3) is 0.429. The van der Waals surface area contributed by atoms with Gasteiger partial charge in [-0.1, -0.05) is 0 Å². The molecular formula is C21H24F3N5O3. The number of hydrogen-bond donors (Lipinski definition) is 2. The number of rotatable bonds is 9. The standard InChI is InChI=1S/C21H24F3N5O3/c1-13-7-15(10-27-20(13)32-6-4-21(22,23)24)11-29-12-16-17(28-29)3-5-25-18(16)8-19(31)26-9-14(2)30/h3,5,7,10,12,14,30H,4,6,8-9,11H2,1-2H3,(H,26,31)/t14-/m1/s1. The van der Waals surface area contributed by atoms with Crippen LogP contribution in [0.1, 0.15) is 30.2 Å². The first-order chi connectivity index (χ1) is 15.1. The number of alkyl halides is 3. The second-order valence-corrected chi connectivity index (χ2v) is 7.53. The quantitative estimate of drug-likeness (QED) is 0.519. The fourth-order valence-electron chi connectivity index (χ4n) is 3.06. The molecule has 1 amide bonds. The van der Waals surface area contributed by atoms with Gasteiger partial charge in [0.1, 0.15) is 0 Å². The second kappa shape index (κ2) is 9.94. The number of carbonyl (C=O) groups is 1. The van der Waals surface area contributed by atoms with Gasteiger partial charge in [0.15, 0.2) is 0 Å². The number of carbonyl (C=O) groups excluding carboxylic acids is 1. The molecule has 0 saturated heterocycles. The zero-order valence-corrected chi connectivity index (χ0v) is 17.7. The molecule has 0 fully saturated rings. The monoisotopic (exact) mass is 451 g/mol. The molecule has 0 aliphatic carbocycles. The van der Waals surface area contributed by atoms with E-state index in [4.69, 9.17) is 4.74 Å². The first kappa shape index (κ1) is 23.5. The first-order valence-electron chi connectivity index (χ1n) is 10.0. The van der Waals surface area contributed by atoms with Crippen LogP contribution in [0.4, 0.5) is 13.2 Å². The van der Waals surface area contributed by atoms with Crippen molar-refractivity contribution in [1.29, 1.82) is 0 Å². The predicted molar refractivity (Wildman–Crippen MR) is 110 cm³/mol. The van der Waals surface area contributed by atoms with Crippen molar-refractivity contribution < 1.29 is 27.8 Å². The van der Waals surface area contributed by atoms with Crippen LogP contribution < -0.4 is 10.1 Å². The molecule has 0 aliphatic heterocycles. The summed E-state index contributed by atoms with van der Waals surface area (Å²) in [4.78, 5) is 20.5. The van der Waals surface area contributed by atoms with Gasteiger partial charge in [0.2, 0.25) is 11.8 Å². The van der Waals surface area contributed by atoms with Crippen molar-refractivity contribution in [3.8, 4) is 5.88 Å². The molecule has 0 bridgehead atoms. The second-order valence-electron chi connectivity index (χ2n) is 7.53. The molecule has 3 aromatic heterocycles. The summed E-state index contributed by atoms with van der Waals surface area (Å²) in [6, 6.07) is 3.52. The molecule has 0 radical (unpaired) electrons.